The molecule has 20 heavy (non-hydrogen) atoms. The lowest BCUT2D eigenvalue weighted by Crippen LogP contribution is -2.39. The monoisotopic (exact) mass is 277 g/mol. The second-order valence-electron chi connectivity index (χ2n) is 5.08. The van der Waals surface area contributed by atoms with Crippen molar-refractivity contribution < 1.29 is 9.53 Å². The third-order valence-electron chi connectivity index (χ3n) is 3.48. The van der Waals surface area contributed by atoms with Crippen LogP contribution in [0.3, 0.4) is 0 Å². The molecule has 1 fully saturated rings. The third-order valence-corrected chi connectivity index (χ3v) is 3.48. The molecule has 0 spiro atoms. The number of likely N-dealkylation sites (tertiary alicyclic amines) is 1. The Kier molecular flexibility index (Phi) is 4.71. The lowest BCUT2D eigenvalue weighted by atomic mass is 10.2. The number of benzene rings is 1. The van der Waals surface area contributed by atoms with Crippen molar-refractivity contribution in [1.82, 2.24) is 4.90 Å². The van der Waals surface area contributed by atoms with Crippen molar-refractivity contribution in [1.29, 1.82) is 0 Å². The van der Waals surface area contributed by atoms with Gasteiger partial charge in [-0.25, -0.2) is 0 Å². The average Bonchev–Trinajstić information content (AvgIpc) is 2.96. The Morgan fingerprint density at radius 2 is 2.15 bits per heavy atom. The zero-order chi connectivity index (χ0) is 14.5. The van der Waals surface area contributed by atoms with Gasteiger partial charge in [0.1, 0.15) is 11.8 Å². The second kappa shape index (κ2) is 6.50. The number of rotatable bonds is 5. The summed E-state index contributed by atoms with van der Waals surface area (Å²) in [7, 11) is 0. The third kappa shape index (κ3) is 3.35. The van der Waals surface area contributed by atoms with E-state index in [4.69, 9.17) is 10.5 Å². The molecule has 1 unspecified atom stereocenters. The van der Waals surface area contributed by atoms with Crippen LogP contribution >= 0.6 is 0 Å². The van der Waals surface area contributed by atoms with E-state index in [0.29, 0.717) is 18.0 Å². The van der Waals surface area contributed by atoms with E-state index >= 15 is 0 Å². The first kappa shape index (κ1) is 14.5. The van der Waals surface area contributed by atoms with E-state index in [1.165, 1.54) is 0 Å². The van der Waals surface area contributed by atoms with Crippen LogP contribution < -0.4 is 15.8 Å². The summed E-state index contributed by atoms with van der Waals surface area (Å²) in [5.41, 5.74) is 7.29. The van der Waals surface area contributed by atoms with E-state index in [1.54, 1.807) is 6.07 Å². The highest BCUT2D eigenvalue weighted by Gasteiger charge is 2.23. The Hall–Kier alpha value is -1.91. The number of carbonyl (C=O) groups excluding carboxylic acids is 1. The standard InChI is InChI=1S/C15H23N3O2/c1-3-20-14-10-12(6-7-13(14)16)17-11(2)15(19)18-8-4-5-9-18/h6-7,10-11,17H,3-5,8-9,16H2,1-2H3. The van der Waals surface area contributed by atoms with Crippen molar-refractivity contribution >= 4 is 17.3 Å². The summed E-state index contributed by atoms with van der Waals surface area (Å²) in [6, 6.07) is 5.25. The van der Waals surface area contributed by atoms with Gasteiger partial charge in [0.2, 0.25) is 5.91 Å². The van der Waals surface area contributed by atoms with Crippen LogP contribution in [-0.2, 0) is 4.79 Å². The summed E-state index contributed by atoms with van der Waals surface area (Å²) >= 11 is 0. The van der Waals surface area contributed by atoms with Crippen molar-refractivity contribution in [2.24, 2.45) is 0 Å². The van der Waals surface area contributed by atoms with Gasteiger partial charge in [-0.05, 0) is 38.8 Å². The number of amides is 1. The highest BCUT2D eigenvalue weighted by Crippen LogP contribution is 2.26. The average molecular weight is 277 g/mol. The molecule has 0 bridgehead atoms. The maximum Gasteiger partial charge on any atom is 0.244 e. The molecule has 1 aromatic rings. The molecule has 0 radical (unpaired) electrons. The van der Waals surface area contributed by atoms with Gasteiger partial charge in [0, 0.05) is 24.8 Å². The minimum absolute atomic E-state index is 0.150. The number of hydrogen-bond acceptors (Lipinski definition) is 4. The van der Waals surface area contributed by atoms with Crippen LogP contribution in [0.2, 0.25) is 0 Å². The first-order chi connectivity index (χ1) is 9.61. The Bertz CT molecular complexity index is 470. The molecule has 1 aliphatic rings. The fourth-order valence-electron chi connectivity index (χ4n) is 2.43. The van der Waals surface area contributed by atoms with E-state index in [9.17, 15) is 4.79 Å². The van der Waals surface area contributed by atoms with Gasteiger partial charge in [-0.2, -0.15) is 0 Å². The number of carbonyl (C=O) groups is 1. The summed E-state index contributed by atoms with van der Waals surface area (Å²) in [6.45, 7) is 6.11. The molecular formula is C15H23N3O2. The number of nitrogens with zero attached hydrogens (tertiary/aromatic N) is 1. The summed E-state index contributed by atoms with van der Waals surface area (Å²) in [5, 5.41) is 3.22. The zero-order valence-electron chi connectivity index (χ0n) is 12.2. The topological polar surface area (TPSA) is 67.6 Å². The minimum atomic E-state index is -0.244. The highest BCUT2D eigenvalue weighted by molar-refractivity contribution is 5.84. The minimum Gasteiger partial charge on any atom is -0.492 e. The fourth-order valence-corrected chi connectivity index (χ4v) is 2.43. The van der Waals surface area contributed by atoms with Crippen LogP contribution in [0.4, 0.5) is 11.4 Å². The largest absolute Gasteiger partial charge is 0.492 e. The first-order valence-electron chi connectivity index (χ1n) is 7.19. The lowest BCUT2D eigenvalue weighted by Gasteiger charge is -2.22. The van der Waals surface area contributed by atoms with Crippen molar-refractivity contribution in [3.8, 4) is 5.75 Å². The van der Waals surface area contributed by atoms with Crippen LogP contribution in [0.5, 0.6) is 5.75 Å². The number of nitrogen functional groups attached to an aromatic ring is 1. The summed E-state index contributed by atoms with van der Waals surface area (Å²) in [5.74, 6) is 0.801. The number of nitrogens with one attached hydrogen (secondary N) is 1. The molecule has 2 rings (SSSR count). The van der Waals surface area contributed by atoms with Crippen LogP contribution in [0, 0.1) is 0 Å². The Morgan fingerprint density at radius 3 is 2.80 bits per heavy atom. The van der Waals surface area contributed by atoms with Crippen molar-refractivity contribution in [3.05, 3.63) is 18.2 Å². The molecule has 1 aromatic carbocycles. The second-order valence-corrected chi connectivity index (χ2v) is 5.08. The maximum absolute atomic E-state index is 12.2. The van der Waals surface area contributed by atoms with Gasteiger partial charge >= 0.3 is 0 Å². The number of anilines is 2. The van der Waals surface area contributed by atoms with E-state index in [0.717, 1.165) is 31.6 Å². The lowest BCUT2D eigenvalue weighted by molar-refractivity contribution is -0.130. The van der Waals surface area contributed by atoms with E-state index in [1.807, 2.05) is 30.9 Å². The van der Waals surface area contributed by atoms with Gasteiger partial charge in [0.15, 0.2) is 0 Å². The molecule has 110 valence electrons. The SMILES string of the molecule is CCOc1cc(NC(C)C(=O)N2CCCC2)ccc1N. The van der Waals surface area contributed by atoms with Gasteiger partial charge in [0.05, 0.1) is 12.3 Å². The molecule has 5 nitrogen and oxygen atoms in total. The Morgan fingerprint density at radius 1 is 1.45 bits per heavy atom. The quantitative estimate of drug-likeness (QED) is 0.809. The summed E-state index contributed by atoms with van der Waals surface area (Å²) in [4.78, 5) is 14.1. The van der Waals surface area contributed by atoms with Crippen LogP contribution in [0.25, 0.3) is 0 Å². The van der Waals surface area contributed by atoms with Crippen molar-refractivity contribution in [3.63, 3.8) is 0 Å². The normalized spacial score (nSPS) is 16.0. The van der Waals surface area contributed by atoms with Gasteiger partial charge < -0.3 is 20.7 Å². The van der Waals surface area contributed by atoms with Gasteiger partial charge in [-0.1, -0.05) is 0 Å². The first-order valence-corrected chi connectivity index (χ1v) is 7.19. The van der Waals surface area contributed by atoms with Crippen molar-refractivity contribution in [2.45, 2.75) is 32.7 Å². The molecule has 0 aromatic heterocycles. The molecule has 1 saturated heterocycles. The molecule has 1 atom stereocenters. The predicted octanol–water partition coefficient (Wildman–Crippen LogP) is 2.09. The van der Waals surface area contributed by atoms with Crippen LogP contribution in [0.1, 0.15) is 26.7 Å². The molecule has 3 N–H and O–H groups in total. The Balaban J connectivity index is 2.01. The van der Waals surface area contributed by atoms with Gasteiger partial charge in [-0.15, -0.1) is 0 Å². The molecular weight excluding hydrogens is 254 g/mol. The summed E-state index contributed by atoms with van der Waals surface area (Å²) in [6.07, 6.45) is 2.21. The van der Waals surface area contributed by atoms with Gasteiger partial charge in [-0.3, -0.25) is 4.79 Å². The smallest absolute Gasteiger partial charge is 0.244 e. The van der Waals surface area contributed by atoms with Crippen molar-refractivity contribution in [2.75, 3.05) is 30.7 Å². The van der Waals surface area contributed by atoms with E-state index in [-0.39, 0.29) is 11.9 Å². The number of nitrogens with two attached hydrogens (primary N) is 1. The number of hydrogen-bond donors (Lipinski definition) is 2. The molecule has 1 aliphatic heterocycles. The molecule has 1 heterocycles. The zero-order valence-corrected chi connectivity index (χ0v) is 12.2. The van der Waals surface area contributed by atoms with Crippen LogP contribution in [0.15, 0.2) is 18.2 Å². The van der Waals surface area contributed by atoms with E-state index < -0.39 is 0 Å². The highest BCUT2D eigenvalue weighted by atomic mass is 16.5. The van der Waals surface area contributed by atoms with Gasteiger partial charge in [0.25, 0.3) is 0 Å². The summed E-state index contributed by atoms with van der Waals surface area (Å²) < 4.78 is 5.46. The molecule has 0 saturated carbocycles. The molecule has 1 amide bonds. The molecule has 0 aliphatic carbocycles. The Labute approximate surface area is 120 Å². The maximum atomic E-state index is 12.2. The molecule has 5 heteroatoms. The number of ether oxygens (including phenoxy) is 1. The predicted molar refractivity (Wildman–Crippen MR) is 80.9 cm³/mol. The fraction of sp³-hybridized carbons (Fsp3) is 0.533. The van der Waals surface area contributed by atoms with E-state index in [2.05, 4.69) is 5.32 Å². The van der Waals surface area contributed by atoms with Crippen LogP contribution in [-0.4, -0.2) is 36.5 Å².